The molecular formula is C21H26F3N3O3. The number of hydrogen-bond donors (Lipinski definition) is 1. The molecular weight excluding hydrogens is 399 g/mol. The number of carbonyl (C=O) groups is 1. The molecule has 1 unspecified atom stereocenters. The van der Waals surface area contributed by atoms with Crippen molar-refractivity contribution in [1.82, 2.24) is 14.7 Å². The highest BCUT2D eigenvalue weighted by atomic mass is 19.4. The molecule has 2 aromatic rings. The van der Waals surface area contributed by atoms with Crippen molar-refractivity contribution in [1.29, 1.82) is 0 Å². The van der Waals surface area contributed by atoms with Crippen LogP contribution in [0.25, 0.3) is 0 Å². The van der Waals surface area contributed by atoms with Crippen molar-refractivity contribution < 1.29 is 27.8 Å². The fraction of sp³-hybridized carbons (Fsp3) is 0.524. The van der Waals surface area contributed by atoms with E-state index in [2.05, 4.69) is 5.10 Å². The third kappa shape index (κ3) is 5.13. The fourth-order valence-electron chi connectivity index (χ4n) is 3.49. The average Bonchev–Trinajstić information content (AvgIpc) is 3.15. The number of ether oxygens (including phenoxy) is 1. The van der Waals surface area contributed by atoms with E-state index in [1.807, 2.05) is 20.8 Å². The molecule has 1 aromatic carbocycles. The molecule has 1 N–H and O–H groups in total. The lowest BCUT2D eigenvalue weighted by molar-refractivity contribution is -0.137. The summed E-state index contributed by atoms with van der Waals surface area (Å²) in [5.74, 6) is 0. The lowest BCUT2D eigenvalue weighted by atomic mass is 10.0. The maximum absolute atomic E-state index is 12.8. The first-order valence-corrected chi connectivity index (χ1v) is 9.82. The second-order valence-electron chi connectivity index (χ2n) is 8.42. The van der Waals surface area contributed by atoms with Gasteiger partial charge in [0.15, 0.2) is 0 Å². The number of aliphatic hydroxyl groups is 1. The van der Waals surface area contributed by atoms with E-state index in [0.717, 1.165) is 12.1 Å². The van der Waals surface area contributed by atoms with E-state index in [9.17, 15) is 23.1 Å². The van der Waals surface area contributed by atoms with Crippen molar-refractivity contribution in [2.75, 3.05) is 13.1 Å². The Hall–Kier alpha value is -2.55. The number of aromatic nitrogens is 2. The minimum absolute atomic E-state index is 0.0298. The lowest BCUT2D eigenvalue weighted by Gasteiger charge is -2.34. The molecule has 0 bridgehead atoms. The summed E-state index contributed by atoms with van der Waals surface area (Å²) in [4.78, 5) is 13.9. The molecule has 2 heterocycles. The summed E-state index contributed by atoms with van der Waals surface area (Å²) in [5, 5.41) is 15.0. The van der Waals surface area contributed by atoms with Crippen LogP contribution in [0, 0.1) is 0 Å². The third-order valence-corrected chi connectivity index (χ3v) is 5.00. The third-order valence-electron chi connectivity index (χ3n) is 5.00. The predicted octanol–water partition coefficient (Wildman–Crippen LogP) is 4.56. The molecule has 1 atom stereocenters. The zero-order valence-electron chi connectivity index (χ0n) is 17.2. The van der Waals surface area contributed by atoms with Gasteiger partial charge in [0.1, 0.15) is 11.7 Å². The number of amides is 1. The number of aliphatic hydroxyl groups excluding tert-OH is 1. The second kappa shape index (κ2) is 8.29. The van der Waals surface area contributed by atoms with Gasteiger partial charge in [-0.25, -0.2) is 4.79 Å². The highest BCUT2D eigenvalue weighted by Gasteiger charge is 2.31. The molecule has 1 aliphatic heterocycles. The first-order chi connectivity index (χ1) is 14.0. The largest absolute Gasteiger partial charge is 0.444 e. The van der Waals surface area contributed by atoms with Gasteiger partial charge in [-0.2, -0.15) is 18.3 Å². The van der Waals surface area contributed by atoms with E-state index in [1.54, 1.807) is 21.8 Å². The quantitative estimate of drug-likeness (QED) is 0.783. The van der Waals surface area contributed by atoms with Crippen LogP contribution in [0.4, 0.5) is 18.0 Å². The molecule has 0 radical (unpaired) electrons. The first-order valence-electron chi connectivity index (χ1n) is 9.82. The molecule has 30 heavy (non-hydrogen) atoms. The van der Waals surface area contributed by atoms with Gasteiger partial charge in [0, 0.05) is 19.3 Å². The van der Waals surface area contributed by atoms with Crippen LogP contribution in [0.1, 0.15) is 62.6 Å². The zero-order chi connectivity index (χ0) is 22.1. The van der Waals surface area contributed by atoms with Crippen molar-refractivity contribution in [3.63, 3.8) is 0 Å². The van der Waals surface area contributed by atoms with Crippen LogP contribution in [-0.2, 0) is 10.9 Å². The van der Waals surface area contributed by atoms with Gasteiger partial charge in [0.25, 0.3) is 0 Å². The molecule has 0 aliphatic carbocycles. The summed E-state index contributed by atoms with van der Waals surface area (Å²) in [5.41, 5.74) is -0.461. The number of carbonyl (C=O) groups excluding carboxylic acids is 1. The van der Waals surface area contributed by atoms with Crippen molar-refractivity contribution in [2.45, 2.75) is 57.5 Å². The normalized spacial score (nSPS) is 17.1. The lowest BCUT2D eigenvalue weighted by Crippen LogP contribution is -2.42. The molecule has 9 heteroatoms. The summed E-state index contributed by atoms with van der Waals surface area (Å²) < 4.78 is 45.4. The number of hydrogen-bond acceptors (Lipinski definition) is 4. The van der Waals surface area contributed by atoms with Crippen LogP contribution >= 0.6 is 0 Å². The maximum atomic E-state index is 12.8. The SMILES string of the molecule is CC(C)(C)OC(=O)N1CCC(n2nccc2C(O)c2ccc(C(F)(F)F)cc2)CC1. The Morgan fingerprint density at radius 1 is 1.13 bits per heavy atom. The Balaban J connectivity index is 1.68. The van der Waals surface area contributed by atoms with Crippen LogP contribution in [-0.4, -0.2) is 44.6 Å². The van der Waals surface area contributed by atoms with Crippen molar-refractivity contribution in [3.8, 4) is 0 Å². The van der Waals surface area contributed by atoms with E-state index in [0.29, 0.717) is 37.2 Å². The van der Waals surface area contributed by atoms with Crippen LogP contribution in [0.2, 0.25) is 0 Å². The van der Waals surface area contributed by atoms with Gasteiger partial charge in [-0.15, -0.1) is 0 Å². The van der Waals surface area contributed by atoms with Gasteiger partial charge >= 0.3 is 12.3 Å². The highest BCUT2D eigenvalue weighted by molar-refractivity contribution is 5.68. The molecule has 1 saturated heterocycles. The van der Waals surface area contributed by atoms with Crippen molar-refractivity contribution >= 4 is 6.09 Å². The smallest absolute Gasteiger partial charge is 0.416 e. The monoisotopic (exact) mass is 425 g/mol. The second-order valence-corrected chi connectivity index (χ2v) is 8.42. The summed E-state index contributed by atoms with van der Waals surface area (Å²) in [7, 11) is 0. The maximum Gasteiger partial charge on any atom is 0.416 e. The molecule has 1 fully saturated rings. The minimum Gasteiger partial charge on any atom is -0.444 e. The topological polar surface area (TPSA) is 67.6 Å². The Morgan fingerprint density at radius 2 is 1.73 bits per heavy atom. The van der Waals surface area contributed by atoms with E-state index >= 15 is 0 Å². The summed E-state index contributed by atoms with van der Waals surface area (Å²) in [6.45, 7) is 6.44. The van der Waals surface area contributed by atoms with Crippen LogP contribution in [0.3, 0.4) is 0 Å². The Labute approximate surface area is 173 Å². The number of nitrogens with zero attached hydrogens (tertiary/aromatic N) is 3. The molecule has 164 valence electrons. The van der Waals surface area contributed by atoms with Crippen molar-refractivity contribution in [3.05, 3.63) is 53.3 Å². The summed E-state index contributed by atoms with van der Waals surface area (Å²) in [6, 6.07) is 6.09. The summed E-state index contributed by atoms with van der Waals surface area (Å²) in [6.07, 6.45) is -3.05. The molecule has 1 aromatic heterocycles. The number of benzene rings is 1. The molecule has 0 saturated carbocycles. The van der Waals surface area contributed by atoms with E-state index in [4.69, 9.17) is 4.74 Å². The van der Waals surface area contributed by atoms with Gasteiger partial charge < -0.3 is 14.7 Å². The first kappa shape index (κ1) is 22.1. The molecule has 0 spiro atoms. The van der Waals surface area contributed by atoms with Crippen LogP contribution in [0.5, 0.6) is 0 Å². The predicted molar refractivity (Wildman–Crippen MR) is 104 cm³/mol. The molecule has 1 aliphatic rings. The average molecular weight is 425 g/mol. The molecule has 1 amide bonds. The molecule has 3 rings (SSSR count). The molecule has 6 nitrogen and oxygen atoms in total. The zero-order valence-corrected chi connectivity index (χ0v) is 17.2. The number of halogens is 3. The van der Waals surface area contributed by atoms with Crippen LogP contribution in [0.15, 0.2) is 36.5 Å². The Kier molecular flexibility index (Phi) is 6.12. The number of piperidine rings is 1. The number of rotatable bonds is 3. The van der Waals surface area contributed by atoms with Gasteiger partial charge in [-0.3, -0.25) is 4.68 Å². The van der Waals surface area contributed by atoms with Gasteiger partial charge in [0.2, 0.25) is 0 Å². The standard InChI is InChI=1S/C21H26F3N3O3/c1-20(2,3)30-19(29)26-12-9-16(10-13-26)27-17(8-11-25-27)18(28)14-4-6-15(7-5-14)21(22,23)24/h4-8,11,16,18,28H,9-10,12-13H2,1-3H3. The van der Waals surface area contributed by atoms with E-state index in [-0.39, 0.29) is 12.1 Å². The highest BCUT2D eigenvalue weighted by Crippen LogP contribution is 2.32. The minimum atomic E-state index is -4.42. The fourth-order valence-corrected chi connectivity index (χ4v) is 3.49. The van der Waals surface area contributed by atoms with Gasteiger partial charge in [0.05, 0.1) is 17.3 Å². The summed E-state index contributed by atoms with van der Waals surface area (Å²) >= 11 is 0. The van der Waals surface area contributed by atoms with E-state index < -0.39 is 23.4 Å². The van der Waals surface area contributed by atoms with E-state index in [1.165, 1.54) is 12.1 Å². The Morgan fingerprint density at radius 3 is 2.27 bits per heavy atom. The number of alkyl halides is 3. The van der Waals surface area contributed by atoms with Crippen LogP contribution < -0.4 is 0 Å². The van der Waals surface area contributed by atoms with Gasteiger partial charge in [-0.1, -0.05) is 12.1 Å². The Bertz CT molecular complexity index is 864. The number of likely N-dealkylation sites (tertiary alicyclic amines) is 1. The van der Waals surface area contributed by atoms with Crippen molar-refractivity contribution in [2.24, 2.45) is 0 Å². The van der Waals surface area contributed by atoms with Gasteiger partial charge in [-0.05, 0) is 57.4 Å².